The van der Waals surface area contributed by atoms with Crippen LogP contribution in [0, 0.1) is 0 Å². The fourth-order valence-corrected chi connectivity index (χ4v) is 2.37. The Bertz CT molecular complexity index is 758. The third-order valence-electron chi connectivity index (χ3n) is 3.01. The summed E-state index contributed by atoms with van der Waals surface area (Å²) in [6.07, 6.45) is 0. The van der Waals surface area contributed by atoms with E-state index in [1.165, 1.54) is 6.92 Å². The lowest BCUT2D eigenvalue weighted by Gasteiger charge is -2.10. The molecule has 0 aliphatic rings. The summed E-state index contributed by atoms with van der Waals surface area (Å²) < 4.78 is 5.57. The molecule has 0 fully saturated rings. The number of halogens is 1. The molecule has 0 bridgehead atoms. The van der Waals surface area contributed by atoms with Gasteiger partial charge in [-0.1, -0.05) is 24.3 Å². The predicted octanol–water partition coefficient (Wildman–Crippen LogP) is 3.45. The summed E-state index contributed by atoms with van der Waals surface area (Å²) in [5, 5.41) is 2.56. The number of ketones is 1. The summed E-state index contributed by atoms with van der Waals surface area (Å²) in [6, 6.07) is 13.4. The first-order chi connectivity index (χ1) is 11.0. The number of benzene rings is 2. The fourth-order valence-electron chi connectivity index (χ4n) is 1.92. The fraction of sp³-hybridized carbons (Fsp3) is 0.118. The Morgan fingerprint density at radius 2 is 1.61 bits per heavy atom. The molecule has 0 spiro atoms. The van der Waals surface area contributed by atoms with E-state index in [4.69, 9.17) is 4.74 Å². The molecule has 0 aliphatic heterocycles. The third kappa shape index (κ3) is 4.50. The van der Waals surface area contributed by atoms with Crippen molar-refractivity contribution in [2.75, 3.05) is 11.9 Å². The van der Waals surface area contributed by atoms with Crippen LogP contribution in [0.2, 0.25) is 0 Å². The maximum Gasteiger partial charge on any atom is 0.339 e. The van der Waals surface area contributed by atoms with E-state index in [9.17, 15) is 14.4 Å². The summed E-state index contributed by atoms with van der Waals surface area (Å²) in [6.45, 7) is 0.977. The highest BCUT2D eigenvalue weighted by atomic mass is 79.9. The number of anilines is 1. The Morgan fingerprint density at radius 1 is 1.00 bits per heavy atom. The Hall–Kier alpha value is -2.47. The van der Waals surface area contributed by atoms with Gasteiger partial charge in [0, 0.05) is 10.0 Å². The van der Waals surface area contributed by atoms with E-state index in [1.807, 2.05) is 0 Å². The minimum atomic E-state index is -0.604. The van der Waals surface area contributed by atoms with Gasteiger partial charge < -0.3 is 10.1 Å². The number of nitrogens with one attached hydrogen (secondary N) is 1. The molecule has 0 radical (unpaired) electrons. The first kappa shape index (κ1) is 16.9. The van der Waals surface area contributed by atoms with Crippen LogP contribution < -0.4 is 5.32 Å². The number of ether oxygens (including phenoxy) is 1. The maximum atomic E-state index is 11.9. The van der Waals surface area contributed by atoms with Crippen molar-refractivity contribution in [2.45, 2.75) is 6.92 Å². The number of carbonyl (C=O) groups is 3. The number of amides is 1. The molecule has 1 amide bonds. The number of rotatable bonds is 5. The van der Waals surface area contributed by atoms with Crippen molar-refractivity contribution in [1.82, 2.24) is 0 Å². The van der Waals surface area contributed by atoms with Gasteiger partial charge in [0.05, 0.1) is 11.3 Å². The second-order valence-electron chi connectivity index (χ2n) is 4.71. The van der Waals surface area contributed by atoms with Crippen LogP contribution in [-0.2, 0) is 9.53 Å². The molecule has 2 aromatic rings. The number of hydrogen-bond acceptors (Lipinski definition) is 4. The molecule has 0 aromatic heterocycles. The highest BCUT2D eigenvalue weighted by Crippen LogP contribution is 2.17. The molecule has 5 nitrogen and oxygen atoms in total. The van der Waals surface area contributed by atoms with Crippen LogP contribution >= 0.6 is 15.9 Å². The third-order valence-corrected chi connectivity index (χ3v) is 3.70. The van der Waals surface area contributed by atoms with Crippen molar-refractivity contribution in [2.24, 2.45) is 0 Å². The molecule has 0 saturated heterocycles. The topological polar surface area (TPSA) is 72.5 Å². The van der Waals surface area contributed by atoms with Gasteiger partial charge in [0.1, 0.15) is 0 Å². The lowest BCUT2D eigenvalue weighted by molar-refractivity contribution is -0.119. The van der Waals surface area contributed by atoms with Crippen molar-refractivity contribution >= 4 is 39.3 Å². The zero-order valence-corrected chi connectivity index (χ0v) is 13.9. The van der Waals surface area contributed by atoms with Crippen molar-refractivity contribution < 1.29 is 19.1 Å². The number of para-hydroxylation sites is 1. The molecule has 0 saturated carbocycles. The minimum absolute atomic E-state index is 0.161. The van der Waals surface area contributed by atoms with E-state index in [0.717, 1.165) is 0 Å². The molecule has 23 heavy (non-hydrogen) atoms. The summed E-state index contributed by atoms with van der Waals surface area (Å²) >= 11 is 3.24. The molecule has 2 rings (SSSR count). The molecule has 2 aromatic carbocycles. The first-order valence-electron chi connectivity index (χ1n) is 6.80. The van der Waals surface area contributed by atoms with Gasteiger partial charge in [0.2, 0.25) is 0 Å². The van der Waals surface area contributed by atoms with Gasteiger partial charge in [0.15, 0.2) is 12.4 Å². The summed E-state index contributed by atoms with van der Waals surface area (Å²) in [5.74, 6) is -1.28. The van der Waals surface area contributed by atoms with E-state index in [1.54, 1.807) is 48.5 Å². The molecular weight excluding hydrogens is 362 g/mol. The standard InChI is InChI=1S/C17H14BrNO4/c1-11(20)12-6-3-5-9-15(12)19-16(21)10-23-17(22)13-7-2-4-8-14(13)18/h2-9H,10H2,1H3,(H,19,21). The maximum absolute atomic E-state index is 11.9. The molecule has 0 heterocycles. The number of carbonyl (C=O) groups excluding carboxylic acids is 3. The monoisotopic (exact) mass is 375 g/mol. The van der Waals surface area contributed by atoms with Gasteiger partial charge in [-0.25, -0.2) is 4.79 Å². The van der Waals surface area contributed by atoms with Gasteiger partial charge in [-0.3, -0.25) is 9.59 Å². The van der Waals surface area contributed by atoms with Crippen LogP contribution in [0.5, 0.6) is 0 Å². The van der Waals surface area contributed by atoms with Gasteiger partial charge >= 0.3 is 5.97 Å². The summed E-state index contributed by atoms with van der Waals surface area (Å²) in [4.78, 5) is 35.3. The van der Waals surface area contributed by atoms with E-state index < -0.39 is 18.5 Å². The molecule has 118 valence electrons. The van der Waals surface area contributed by atoms with Crippen LogP contribution in [0.4, 0.5) is 5.69 Å². The highest BCUT2D eigenvalue weighted by molar-refractivity contribution is 9.10. The number of esters is 1. The van der Waals surface area contributed by atoms with Crippen molar-refractivity contribution in [3.05, 3.63) is 64.1 Å². The number of Topliss-reactive ketones (excluding diaryl/α,β-unsaturated/α-hetero) is 1. The predicted molar refractivity (Wildman–Crippen MR) is 89.5 cm³/mol. The van der Waals surface area contributed by atoms with E-state index in [0.29, 0.717) is 21.3 Å². The van der Waals surface area contributed by atoms with Gasteiger partial charge in [-0.2, -0.15) is 0 Å². The second kappa shape index (κ2) is 7.69. The average molecular weight is 376 g/mol. The molecular formula is C17H14BrNO4. The first-order valence-corrected chi connectivity index (χ1v) is 7.60. The lowest BCUT2D eigenvalue weighted by atomic mass is 10.1. The Morgan fingerprint density at radius 3 is 2.26 bits per heavy atom. The normalized spacial score (nSPS) is 10.0. The molecule has 0 atom stereocenters. The van der Waals surface area contributed by atoms with E-state index in [-0.39, 0.29) is 5.78 Å². The molecule has 1 N–H and O–H groups in total. The minimum Gasteiger partial charge on any atom is -0.452 e. The molecule has 0 aliphatic carbocycles. The van der Waals surface area contributed by atoms with Crippen LogP contribution in [0.15, 0.2) is 53.0 Å². The van der Waals surface area contributed by atoms with E-state index >= 15 is 0 Å². The zero-order chi connectivity index (χ0) is 16.8. The van der Waals surface area contributed by atoms with Gasteiger partial charge in [-0.15, -0.1) is 0 Å². The SMILES string of the molecule is CC(=O)c1ccccc1NC(=O)COC(=O)c1ccccc1Br. The second-order valence-corrected chi connectivity index (χ2v) is 5.56. The Kier molecular flexibility index (Phi) is 5.65. The van der Waals surface area contributed by atoms with Crippen molar-refractivity contribution in [3.8, 4) is 0 Å². The smallest absolute Gasteiger partial charge is 0.339 e. The van der Waals surface area contributed by atoms with Crippen LogP contribution in [-0.4, -0.2) is 24.3 Å². The lowest BCUT2D eigenvalue weighted by Crippen LogP contribution is -2.22. The summed E-state index contributed by atoms with van der Waals surface area (Å²) in [5.41, 5.74) is 1.13. The Balaban J connectivity index is 1.97. The van der Waals surface area contributed by atoms with Crippen LogP contribution in [0.3, 0.4) is 0 Å². The van der Waals surface area contributed by atoms with Gasteiger partial charge in [0.25, 0.3) is 5.91 Å². The quantitative estimate of drug-likeness (QED) is 0.641. The highest BCUT2D eigenvalue weighted by Gasteiger charge is 2.14. The zero-order valence-electron chi connectivity index (χ0n) is 12.3. The Labute approximate surface area is 141 Å². The van der Waals surface area contributed by atoms with E-state index in [2.05, 4.69) is 21.2 Å². The molecule has 6 heteroatoms. The number of hydrogen-bond donors (Lipinski definition) is 1. The van der Waals surface area contributed by atoms with Gasteiger partial charge in [-0.05, 0) is 47.1 Å². The largest absolute Gasteiger partial charge is 0.452 e. The molecule has 0 unspecified atom stereocenters. The average Bonchev–Trinajstić information content (AvgIpc) is 2.53. The summed E-state index contributed by atoms with van der Waals surface area (Å²) in [7, 11) is 0. The van der Waals surface area contributed by atoms with Crippen LogP contribution in [0.1, 0.15) is 27.6 Å². The van der Waals surface area contributed by atoms with Crippen molar-refractivity contribution in [1.29, 1.82) is 0 Å². The van der Waals surface area contributed by atoms with Crippen molar-refractivity contribution in [3.63, 3.8) is 0 Å². The van der Waals surface area contributed by atoms with Crippen LogP contribution in [0.25, 0.3) is 0 Å².